The van der Waals surface area contributed by atoms with Crippen LogP contribution in [0.1, 0.15) is 32.1 Å². The van der Waals surface area contributed by atoms with Gasteiger partial charge in [-0.15, -0.1) is 0 Å². The molecule has 1 aliphatic heterocycles. The average molecular weight is 331 g/mol. The van der Waals surface area contributed by atoms with E-state index in [1.165, 1.54) is 0 Å². The van der Waals surface area contributed by atoms with Crippen molar-refractivity contribution in [3.05, 3.63) is 24.3 Å². The highest BCUT2D eigenvalue weighted by Crippen LogP contribution is 2.33. The normalized spacial score (nSPS) is 27.2. The van der Waals surface area contributed by atoms with Gasteiger partial charge in [0, 0.05) is 25.0 Å². The van der Waals surface area contributed by atoms with Gasteiger partial charge in [0.05, 0.1) is 18.7 Å². The van der Waals surface area contributed by atoms with Crippen LogP contribution in [0.5, 0.6) is 5.75 Å². The first-order valence-corrected chi connectivity index (χ1v) is 8.58. The van der Waals surface area contributed by atoms with Crippen LogP contribution in [0, 0.1) is 5.92 Å². The summed E-state index contributed by atoms with van der Waals surface area (Å²) in [6.07, 6.45) is 3.98. The number of para-hydroxylation sites is 2. The third-order valence-electron chi connectivity index (χ3n) is 4.99. The van der Waals surface area contributed by atoms with Crippen molar-refractivity contribution in [1.82, 2.24) is 5.32 Å². The number of carbonyl (C=O) groups is 2. The summed E-state index contributed by atoms with van der Waals surface area (Å²) in [4.78, 5) is 26.5. The predicted molar refractivity (Wildman–Crippen MR) is 91.8 cm³/mol. The molecule has 1 aromatic carbocycles. The van der Waals surface area contributed by atoms with E-state index in [2.05, 4.69) is 5.32 Å². The number of nitrogens with zero attached hydrogens (tertiary/aromatic N) is 1. The van der Waals surface area contributed by atoms with E-state index in [0.717, 1.165) is 31.4 Å². The molecule has 3 N–H and O–H groups in total. The van der Waals surface area contributed by atoms with Gasteiger partial charge >= 0.3 is 0 Å². The molecule has 6 nitrogen and oxygen atoms in total. The third-order valence-corrected chi connectivity index (χ3v) is 4.99. The molecule has 0 aromatic heterocycles. The highest BCUT2D eigenvalue weighted by molar-refractivity contribution is 6.01. The van der Waals surface area contributed by atoms with Gasteiger partial charge in [0.1, 0.15) is 5.75 Å². The number of rotatable bonds is 4. The zero-order valence-corrected chi connectivity index (χ0v) is 14.0. The van der Waals surface area contributed by atoms with Crippen LogP contribution in [0.3, 0.4) is 0 Å². The van der Waals surface area contributed by atoms with Gasteiger partial charge in [-0.3, -0.25) is 9.59 Å². The highest BCUT2D eigenvalue weighted by atomic mass is 16.5. The Balaban J connectivity index is 1.63. The number of anilines is 1. The summed E-state index contributed by atoms with van der Waals surface area (Å²) >= 11 is 0. The fourth-order valence-corrected chi connectivity index (χ4v) is 3.55. The largest absolute Gasteiger partial charge is 0.495 e. The van der Waals surface area contributed by atoms with Crippen LogP contribution < -0.4 is 20.7 Å². The van der Waals surface area contributed by atoms with Crippen LogP contribution in [-0.2, 0) is 9.59 Å². The van der Waals surface area contributed by atoms with E-state index in [1.807, 2.05) is 24.3 Å². The van der Waals surface area contributed by atoms with Crippen LogP contribution in [0.15, 0.2) is 24.3 Å². The number of hydrogen-bond donors (Lipinski definition) is 2. The van der Waals surface area contributed by atoms with Crippen LogP contribution >= 0.6 is 0 Å². The van der Waals surface area contributed by atoms with E-state index in [-0.39, 0.29) is 36.2 Å². The third kappa shape index (κ3) is 3.53. The second-order valence-corrected chi connectivity index (χ2v) is 6.70. The molecule has 1 saturated carbocycles. The Labute approximate surface area is 142 Å². The first-order valence-electron chi connectivity index (χ1n) is 8.58. The molecule has 1 unspecified atom stereocenters. The van der Waals surface area contributed by atoms with E-state index in [1.54, 1.807) is 12.0 Å². The quantitative estimate of drug-likeness (QED) is 0.874. The smallest absolute Gasteiger partial charge is 0.227 e. The van der Waals surface area contributed by atoms with Crippen molar-refractivity contribution in [3.63, 3.8) is 0 Å². The average Bonchev–Trinajstić information content (AvgIpc) is 2.98. The Morgan fingerprint density at radius 2 is 1.96 bits per heavy atom. The zero-order chi connectivity index (χ0) is 17.1. The van der Waals surface area contributed by atoms with Gasteiger partial charge in [-0.2, -0.15) is 0 Å². The van der Waals surface area contributed by atoms with Gasteiger partial charge in [-0.25, -0.2) is 0 Å². The van der Waals surface area contributed by atoms with E-state index in [4.69, 9.17) is 10.5 Å². The first-order chi connectivity index (χ1) is 11.6. The molecule has 2 amide bonds. The predicted octanol–water partition coefficient (Wildman–Crippen LogP) is 1.43. The molecule has 1 aliphatic carbocycles. The van der Waals surface area contributed by atoms with Crippen molar-refractivity contribution in [2.75, 3.05) is 18.6 Å². The summed E-state index contributed by atoms with van der Waals surface area (Å²) in [6, 6.07) is 7.84. The van der Waals surface area contributed by atoms with Gasteiger partial charge < -0.3 is 20.7 Å². The summed E-state index contributed by atoms with van der Waals surface area (Å²) in [5.74, 6) is 0.276. The van der Waals surface area contributed by atoms with Crippen LogP contribution in [0.25, 0.3) is 0 Å². The molecule has 2 fully saturated rings. The Kier molecular flexibility index (Phi) is 5.04. The second kappa shape index (κ2) is 7.21. The summed E-state index contributed by atoms with van der Waals surface area (Å²) < 4.78 is 5.33. The number of amides is 2. The molecular formula is C18H25N3O3. The molecule has 1 saturated heterocycles. The monoisotopic (exact) mass is 331 g/mol. The molecule has 3 rings (SSSR count). The van der Waals surface area contributed by atoms with Crippen molar-refractivity contribution in [3.8, 4) is 5.75 Å². The topological polar surface area (TPSA) is 84.7 Å². The van der Waals surface area contributed by atoms with Crippen LogP contribution in [-0.4, -0.2) is 37.6 Å². The van der Waals surface area contributed by atoms with Gasteiger partial charge in [0.25, 0.3) is 0 Å². The Morgan fingerprint density at radius 1 is 1.25 bits per heavy atom. The maximum atomic E-state index is 12.5. The number of carbonyl (C=O) groups excluding carboxylic acids is 2. The molecule has 0 spiro atoms. The van der Waals surface area contributed by atoms with E-state index < -0.39 is 0 Å². The Hall–Kier alpha value is -2.08. The van der Waals surface area contributed by atoms with Crippen molar-refractivity contribution >= 4 is 17.5 Å². The van der Waals surface area contributed by atoms with Gasteiger partial charge in [-0.05, 0) is 37.8 Å². The number of nitrogens with two attached hydrogens (primary N) is 1. The summed E-state index contributed by atoms with van der Waals surface area (Å²) in [5.41, 5.74) is 6.63. The number of ether oxygens (including phenoxy) is 1. The lowest BCUT2D eigenvalue weighted by molar-refractivity contribution is -0.127. The Morgan fingerprint density at radius 3 is 2.67 bits per heavy atom. The molecule has 0 radical (unpaired) electrons. The van der Waals surface area contributed by atoms with E-state index >= 15 is 0 Å². The molecule has 1 heterocycles. The lowest BCUT2D eigenvalue weighted by Crippen LogP contribution is -2.43. The lowest BCUT2D eigenvalue weighted by atomic mass is 9.91. The van der Waals surface area contributed by atoms with Gasteiger partial charge in [0.2, 0.25) is 11.8 Å². The van der Waals surface area contributed by atoms with Crippen molar-refractivity contribution in [2.45, 2.75) is 44.2 Å². The maximum Gasteiger partial charge on any atom is 0.227 e. The summed E-state index contributed by atoms with van der Waals surface area (Å²) in [5, 5.41) is 3.10. The number of methoxy groups -OCH3 is 1. The Bertz CT molecular complexity index is 611. The molecule has 24 heavy (non-hydrogen) atoms. The SMILES string of the molecule is COc1ccccc1N1CC(C(=O)NC2CCC(N)CC2)CC1=O. The maximum absolute atomic E-state index is 12.5. The number of nitrogens with one attached hydrogen (secondary N) is 1. The summed E-state index contributed by atoms with van der Waals surface area (Å²) in [7, 11) is 1.58. The number of hydrogen-bond acceptors (Lipinski definition) is 4. The molecule has 6 heteroatoms. The fourth-order valence-electron chi connectivity index (χ4n) is 3.55. The van der Waals surface area contributed by atoms with E-state index in [0.29, 0.717) is 12.3 Å². The molecule has 1 aromatic rings. The molecule has 0 bridgehead atoms. The second-order valence-electron chi connectivity index (χ2n) is 6.70. The number of benzene rings is 1. The van der Waals surface area contributed by atoms with Gasteiger partial charge in [-0.1, -0.05) is 12.1 Å². The van der Waals surface area contributed by atoms with Gasteiger partial charge in [0.15, 0.2) is 0 Å². The molecular weight excluding hydrogens is 306 g/mol. The zero-order valence-electron chi connectivity index (χ0n) is 14.0. The van der Waals surface area contributed by atoms with Crippen LogP contribution in [0.2, 0.25) is 0 Å². The summed E-state index contributed by atoms with van der Waals surface area (Å²) in [6.45, 7) is 0.400. The minimum Gasteiger partial charge on any atom is -0.495 e. The first kappa shape index (κ1) is 16.8. The molecule has 130 valence electrons. The van der Waals surface area contributed by atoms with Crippen molar-refractivity contribution < 1.29 is 14.3 Å². The highest BCUT2D eigenvalue weighted by Gasteiger charge is 2.37. The minimum atomic E-state index is -0.307. The minimum absolute atomic E-state index is 0.0266. The fraction of sp³-hybridized carbons (Fsp3) is 0.556. The lowest BCUT2D eigenvalue weighted by Gasteiger charge is -2.27. The standard InChI is InChI=1S/C18H25N3O3/c1-24-16-5-3-2-4-15(16)21-11-12(10-17(21)22)18(23)20-14-8-6-13(19)7-9-14/h2-5,12-14H,6-11,19H2,1H3,(H,20,23). The molecule has 1 atom stereocenters. The van der Waals surface area contributed by atoms with Crippen molar-refractivity contribution in [1.29, 1.82) is 0 Å². The van der Waals surface area contributed by atoms with E-state index in [9.17, 15) is 9.59 Å². The molecule has 2 aliphatic rings. The van der Waals surface area contributed by atoms with Crippen molar-refractivity contribution in [2.24, 2.45) is 11.7 Å². The van der Waals surface area contributed by atoms with Crippen LogP contribution in [0.4, 0.5) is 5.69 Å².